The van der Waals surface area contributed by atoms with Gasteiger partial charge in [-0.05, 0) is 35.9 Å². The van der Waals surface area contributed by atoms with Crippen LogP contribution in [-0.4, -0.2) is 24.5 Å². The summed E-state index contributed by atoms with van der Waals surface area (Å²) in [6, 6.07) is 9.53. The molecule has 1 N–H and O–H groups in total. The summed E-state index contributed by atoms with van der Waals surface area (Å²) in [4.78, 5) is 23.4. The Labute approximate surface area is 145 Å². The number of halogens is 4. The van der Waals surface area contributed by atoms with E-state index < -0.39 is 23.7 Å². The molecule has 0 atom stereocenters. The van der Waals surface area contributed by atoms with Crippen LogP contribution in [0, 0.1) is 5.82 Å². The van der Waals surface area contributed by atoms with Crippen molar-refractivity contribution in [2.24, 2.45) is 0 Å². The molecule has 26 heavy (non-hydrogen) atoms. The van der Waals surface area contributed by atoms with Crippen molar-refractivity contribution in [2.45, 2.75) is 6.18 Å². The van der Waals surface area contributed by atoms with E-state index in [2.05, 4.69) is 0 Å². The lowest BCUT2D eigenvalue weighted by Gasteiger charge is -2.19. The number of para-hydroxylation sites is 1. The zero-order valence-electron chi connectivity index (χ0n) is 13.1. The summed E-state index contributed by atoms with van der Waals surface area (Å²) in [6.07, 6.45) is -3.59. The van der Waals surface area contributed by atoms with Gasteiger partial charge in [-0.3, -0.25) is 9.59 Å². The summed E-state index contributed by atoms with van der Waals surface area (Å²) in [7, 11) is 0. The van der Waals surface area contributed by atoms with E-state index in [1.54, 1.807) is 11.4 Å². The molecule has 0 aliphatic carbocycles. The molecule has 0 bridgehead atoms. The van der Waals surface area contributed by atoms with Crippen molar-refractivity contribution in [3.05, 3.63) is 65.0 Å². The molecule has 1 aliphatic heterocycles. The molecule has 2 aromatic carbocycles. The van der Waals surface area contributed by atoms with Gasteiger partial charge in [0.05, 0.1) is 5.56 Å². The smallest absolute Gasteiger partial charge is 0.471 e. The molecule has 0 fully saturated rings. The Kier molecular flexibility index (Phi) is 4.50. The molecule has 3 rings (SSSR count). The molecule has 8 heteroatoms. The molecular weight excluding hydrogens is 354 g/mol. The number of hydrogen-bond acceptors (Lipinski definition) is 3. The van der Waals surface area contributed by atoms with Crippen molar-refractivity contribution in [3.63, 3.8) is 0 Å². The van der Waals surface area contributed by atoms with Crippen molar-refractivity contribution in [1.29, 1.82) is 0 Å². The predicted molar refractivity (Wildman–Crippen MR) is 85.3 cm³/mol. The minimum absolute atomic E-state index is 0.0719. The van der Waals surface area contributed by atoms with Crippen LogP contribution in [0.1, 0.15) is 15.9 Å². The van der Waals surface area contributed by atoms with Gasteiger partial charge in [0, 0.05) is 11.3 Å². The van der Waals surface area contributed by atoms with E-state index in [9.17, 15) is 27.2 Å². The highest BCUT2D eigenvalue weighted by Crippen LogP contribution is 2.30. The third-order valence-corrected chi connectivity index (χ3v) is 3.62. The summed E-state index contributed by atoms with van der Waals surface area (Å²) >= 11 is 0. The van der Waals surface area contributed by atoms with E-state index in [1.807, 2.05) is 0 Å². The van der Waals surface area contributed by atoms with Crippen LogP contribution in [-0.2, 0) is 4.79 Å². The maximum atomic E-state index is 13.6. The minimum atomic E-state index is -5.00. The first-order valence-electron chi connectivity index (χ1n) is 7.40. The monoisotopic (exact) mass is 365 g/mol. The quantitative estimate of drug-likeness (QED) is 0.647. The normalized spacial score (nSPS) is 15.4. The fraction of sp³-hybridized carbons (Fsp3) is 0.111. The number of hydrogen-bond donors (Lipinski definition) is 1. The fourth-order valence-electron chi connectivity index (χ4n) is 2.44. The number of nitrogens with one attached hydrogen (secondary N) is 1. The lowest BCUT2D eigenvalue weighted by molar-refractivity contribution is -0.167. The first kappa shape index (κ1) is 17.7. The summed E-state index contributed by atoms with van der Waals surface area (Å²) in [6.45, 7) is -0.175. The zero-order valence-corrected chi connectivity index (χ0v) is 13.1. The predicted octanol–water partition coefficient (Wildman–Crippen LogP) is 3.99. The van der Waals surface area contributed by atoms with Crippen LogP contribution >= 0.6 is 0 Å². The van der Waals surface area contributed by atoms with Gasteiger partial charge in [0.25, 0.3) is 0 Å². The Morgan fingerprint density at radius 2 is 1.88 bits per heavy atom. The van der Waals surface area contributed by atoms with Crippen LogP contribution in [0.2, 0.25) is 0 Å². The number of fused-ring (bicyclic) bond motifs is 1. The molecule has 0 spiro atoms. The number of carbonyl (C=O) groups excluding carboxylic acids is 2. The second-order valence-electron chi connectivity index (χ2n) is 5.48. The lowest BCUT2D eigenvalue weighted by atomic mass is 9.98. The Morgan fingerprint density at radius 3 is 2.62 bits per heavy atom. The van der Waals surface area contributed by atoms with E-state index in [-0.39, 0.29) is 29.2 Å². The highest BCUT2D eigenvalue weighted by molar-refractivity contribution is 6.14. The Balaban J connectivity index is 1.86. The number of benzene rings is 2. The third kappa shape index (κ3) is 3.58. The van der Waals surface area contributed by atoms with Crippen LogP contribution in [0.4, 0.5) is 23.2 Å². The fourth-order valence-corrected chi connectivity index (χ4v) is 2.44. The number of ether oxygens (including phenoxy) is 1. The second kappa shape index (κ2) is 6.62. The van der Waals surface area contributed by atoms with Gasteiger partial charge >= 0.3 is 12.1 Å². The Hall–Kier alpha value is -3.16. The van der Waals surface area contributed by atoms with Gasteiger partial charge in [0.1, 0.15) is 6.61 Å². The maximum absolute atomic E-state index is 13.6. The van der Waals surface area contributed by atoms with Crippen molar-refractivity contribution in [1.82, 2.24) is 0 Å². The minimum Gasteiger partial charge on any atom is -0.485 e. The van der Waals surface area contributed by atoms with Crippen molar-refractivity contribution < 1.29 is 31.9 Å². The molecule has 2 aromatic rings. The van der Waals surface area contributed by atoms with Gasteiger partial charge in [-0.25, -0.2) is 4.39 Å². The van der Waals surface area contributed by atoms with Gasteiger partial charge in [0.2, 0.25) is 0 Å². The van der Waals surface area contributed by atoms with E-state index in [0.717, 1.165) is 0 Å². The standard InChI is InChI=1S/C18H11F4NO3/c19-14-6-2-5-13-15(24)11(9-26-16(13)14)7-10-3-1-4-12(8-10)23-17(25)18(20,21)22/h1-8H,9H2,(H,23,25)/b11-7+. The van der Waals surface area contributed by atoms with Gasteiger partial charge in [-0.1, -0.05) is 18.2 Å². The van der Waals surface area contributed by atoms with Gasteiger partial charge in [-0.15, -0.1) is 0 Å². The zero-order chi connectivity index (χ0) is 18.9. The van der Waals surface area contributed by atoms with Crippen LogP contribution in [0.5, 0.6) is 5.75 Å². The number of amides is 1. The molecule has 0 aromatic heterocycles. The largest absolute Gasteiger partial charge is 0.485 e. The van der Waals surface area contributed by atoms with Crippen molar-refractivity contribution in [3.8, 4) is 5.75 Å². The number of rotatable bonds is 2. The first-order chi connectivity index (χ1) is 12.3. The molecule has 134 valence electrons. The summed E-state index contributed by atoms with van der Waals surface area (Å²) < 4.78 is 55.9. The van der Waals surface area contributed by atoms with E-state index in [0.29, 0.717) is 5.56 Å². The van der Waals surface area contributed by atoms with Gasteiger partial charge in [-0.2, -0.15) is 13.2 Å². The summed E-state index contributed by atoms with van der Waals surface area (Å²) in [5.41, 5.74) is 0.598. The Bertz CT molecular complexity index is 919. The molecule has 0 saturated carbocycles. The Morgan fingerprint density at radius 1 is 1.15 bits per heavy atom. The number of Topliss-reactive ketones (excluding diaryl/α,β-unsaturated/α-hetero) is 1. The molecule has 4 nitrogen and oxygen atoms in total. The van der Waals surface area contributed by atoms with Gasteiger partial charge in [0.15, 0.2) is 17.3 Å². The average molecular weight is 365 g/mol. The van der Waals surface area contributed by atoms with Crippen LogP contribution in [0.25, 0.3) is 6.08 Å². The van der Waals surface area contributed by atoms with E-state index in [4.69, 9.17) is 4.74 Å². The number of ketones is 1. The topological polar surface area (TPSA) is 55.4 Å². The first-order valence-corrected chi connectivity index (χ1v) is 7.40. The third-order valence-electron chi connectivity index (χ3n) is 3.62. The average Bonchev–Trinajstić information content (AvgIpc) is 2.57. The van der Waals surface area contributed by atoms with Crippen molar-refractivity contribution in [2.75, 3.05) is 11.9 Å². The lowest BCUT2D eigenvalue weighted by Crippen LogP contribution is -2.29. The second-order valence-corrected chi connectivity index (χ2v) is 5.48. The molecule has 1 amide bonds. The molecular formula is C18H11F4NO3. The van der Waals surface area contributed by atoms with E-state index >= 15 is 0 Å². The van der Waals surface area contributed by atoms with Crippen LogP contribution in [0.15, 0.2) is 48.0 Å². The molecule has 1 aliphatic rings. The summed E-state index contributed by atoms with van der Waals surface area (Å²) in [5.74, 6) is -3.30. The SMILES string of the molecule is O=C1/C(=C/c2cccc(NC(=O)C(F)(F)F)c2)COc2c(F)cccc21. The van der Waals surface area contributed by atoms with E-state index in [1.165, 1.54) is 42.5 Å². The molecule has 0 saturated heterocycles. The van der Waals surface area contributed by atoms with Crippen molar-refractivity contribution >= 4 is 23.5 Å². The maximum Gasteiger partial charge on any atom is 0.471 e. The highest BCUT2D eigenvalue weighted by atomic mass is 19.4. The molecule has 1 heterocycles. The highest BCUT2D eigenvalue weighted by Gasteiger charge is 2.38. The molecule has 0 radical (unpaired) electrons. The molecule has 0 unspecified atom stereocenters. The number of anilines is 1. The number of alkyl halides is 3. The number of carbonyl (C=O) groups is 2. The summed E-state index contributed by atoms with van der Waals surface area (Å²) in [5, 5.41) is 1.73. The van der Waals surface area contributed by atoms with Crippen LogP contribution in [0.3, 0.4) is 0 Å². The van der Waals surface area contributed by atoms with Gasteiger partial charge < -0.3 is 10.1 Å². The van der Waals surface area contributed by atoms with Crippen LogP contribution < -0.4 is 10.1 Å².